The van der Waals surface area contributed by atoms with E-state index in [1.165, 1.54) is 0 Å². The van der Waals surface area contributed by atoms with Crippen LogP contribution < -0.4 is 15.8 Å². The molecule has 4 nitrogen and oxygen atoms in total. The molecule has 1 rings (SSSR count). The third-order valence-electron chi connectivity index (χ3n) is 4.32. The van der Waals surface area contributed by atoms with Gasteiger partial charge in [-0.1, -0.05) is 32.0 Å². The Hall–Kier alpha value is -1.55. The van der Waals surface area contributed by atoms with E-state index < -0.39 is 5.41 Å². The maximum Gasteiger partial charge on any atom is 0.227 e. The highest BCUT2D eigenvalue weighted by Gasteiger charge is 2.33. The van der Waals surface area contributed by atoms with Crippen LogP contribution in [0.15, 0.2) is 24.3 Å². The number of para-hydroxylation sites is 1. The number of amides is 1. The smallest absolute Gasteiger partial charge is 0.227 e. The maximum absolute atomic E-state index is 12.5. The molecule has 0 saturated heterocycles. The molecule has 0 aromatic heterocycles. The molecule has 118 valence electrons. The van der Waals surface area contributed by atoms with Crippen LogP contribution in [0.3, 0.4) is 0 Å². The van der Waals surface area contributed by atoms with Gasteiger partial charge in [-0.2, -0.15) is 0 Å². The Balaban J connectivity index is 2.73. The second-order valence-electron chi connectivity index (χ2n) is 5.58. The highest BCUT2D eigenvalue weighted by molar-refractivity contribution is 5.83. The van der Waals surface area contributed by atoms with Crippen LogP contribution in [-0.4, -0.2) is 25.6 Å². The molecule has 0 fully saturated rings. The summed E-state index contributed by atoms with van der Waals surface area (Å²) in [5.74, 6) is 0.909. The second kappa shape index (κ2) is 8.03. The number of hydrogen-bond donors (Lipinski definition) is 2. The van der Waals surface area contributed by atoms with Gasteiger partial charge in [0.05, 0.1) is 12.5 Å². The molecule has 0 aliphatic rings. The van der Waals surface area contributed by atoms with Crippen LogP contribution in [0.1, 0.15) is 39.2 Å². The summed E-state index contributed by atoms with van der Waals surface area (Å²) in [4.78, 5) is 12.5. The number of carbonyl (C=O) groups is 1. The van der Waals surface area contributed by atoms with Gasteiger partial charge in [0.2, 0.25) is 5.91 Å². The third-order valence-corrected chi connectivity index (χ3v) is 4.32. The normalized spacial score (nSPS) is 12.8. The summed E-state index contributed by atoms with van der Waals surface area (Å²) in [5, 5.41) is 3.10. The zero-order chi connectivity index (χ0) is 15.9. The van der Waals surface area contributed by atoms with Crippen molar-refractivity contribution in [3.05, 3.63) is 29.8 Å². The van der Waals surface area contributed by atoms with Crippen molar-refractivity contribution in [1.29, 1.82) is 0 Å². The molecule has 0 bridgehead atoms. The first-order valence-electron chi connectivity index (χ1n) is 7.65. The lowest BCUT2D eigenvalue weighted by Gasteiger charge is -2.30. The van der Waals surface area contributed by atoms with Gasteiger partial charge in [-0.3, -0.25) is 4.79 Å². The van der Waals surface area contributed by atoms with E-state index in [2.05, 4.69) is 5.32 Å². The molecule has 0 aliphatic carbocycles. The molecule has 0 heterocycles. The SMILES string of the molecule is CCC(CC)(CN)C(=O)NC(C)Cc1ccccc1OC. The number of rotatable bonds is 8. The van der Waals surface area contributed by atoms with Gasteiger partial charge in [0.25, 0.3) is 0 Å². The minimum atomic E-state index is -0.449. The first-order chi connectivity index (χ1) is 10.0. The highest BCUT2D eigenvalue weighted by atomic mass is 16.5. The molecule has 1 amide bonds. The van der Waals surface area contributed by atoms with Crippen LogP contribution in [0.4, 0.5) is 0 Å². The van der Waals surface area contributed by atoms with Gasteiger partial charge in [0.15, 0.2) is 0 Å². The third kappa shape index (κ3) is 4.21. The first-order valence-corrected chi connectivity index (χ1v) is 7.65. The van der Waals surface area contributed by atoms with Crippen LogP contribution in [-0.2, 0) is 11.2 Å². The predicted octanol–water partition coefficient (Wildman–Crippen LogP) is 2.51. The summed E-state index contributed by atoms with van der Waals surface area (Å²) in [7, 11) is 1.66. The highest BCUT2D eigenvalue weighted by Crippen LogP contribution is 2.25. The van der Waals surface area contributed by atoms with Gasteiger partial charge >= 0.3 is 0 Å². The van der Waals surface area contributed by atoms with E-state index in [-0.39, 0.29) is 11.9 Å². The van der Waals surface area contributed by atoms with Crippen LogP contribution >= 0.6 is 0 Å². The Morgan fingerprint density at radius 1 is 1.33 bits per heavy atom. The van der Waals surface area contributed by atoms with Crippen molar-refractivity contribution in [3.63, 3.8) is 0 Å². The minimum absolute atomic E-state index is 0.0397. The topological polar surface area (TPSA) is 64.4 Å². The van der Waals surface area contributed by atoms with Crippen molar-refractivity contribution < 1.29 is 9.53 Å². The van der Waals surface area contributed by atoms with E-state index in [4.69, 9.17) is 10.5 Å². The van der Waals surface area contributed by atoms with E-state index in [0.717, 1.165) is 30.6 Å². The molecule has 1 aromatic carbocycles. The Kier molecular flexibility index (Phi) is 6.69. The summed E-state index contributed by atoms with van der Waals surface area (Å²) in [5.41, 5.74) is 6.47. The van der Waals surface area contributed by atoms with Crippen molar-refractivity contribution in [3.8, 4) is 5.75 Å². The number of methoxy groups -OCH3 is 1. The van der Waals surface area contributed by atoms with E-state index in [0.29, 0.717) is 6.54 Å². The summed E-state index contributed by atoms with van der Waals surface area (Å²) in [6, 6.07) is 7.93. The Labute approximate surface area is 128 Å². The van der Waals surface area contributed by atoms with Crippen LogP contribution in [0.25, 0.3) is 0 Å². The largest absolute Gasteiger partial charge is 0.496 e. The molecular weight excluding hydrogens is 264 g/mol. The van der Waals surface area contributed by atoms with Crippen LogP contribution in [0.5, 0.6) is 5.75 Å². The molecule has 21 heavy (non-hydrogen) atoms. The molecule has 0 aliphatic heterocycles. The fourth-order valence-electron chi connectivity index (χ4n) is 2.58. The van der Waals surface area contributed by atoms with E-state index >= 15 is 0 Å². The van der Waals surface area contributed by atoms with Crippen molar-refractivity contribution in [2.45, 2.75) is 46.1 Å². The van der Waals surface area contributed by atoms with Gasteiger partial charge in [-0.15, -0.1) is 0 Å². The van der Waals surface area contributed by atoms with Gasteiger partial charge in [-0.25, -0.2) is 0 Å². The van der Waals surface area contributed by atoms with Gasteiger partial charge in [-0.05, 0) is 37.8 Å². The number of carbonyl (C=O) groups excluding carboxylic acids is 1. The van der Waals surface area contributed by atoms with Crippen molar-refractivity contribution in [1.82, 2.24) is 5.32 Å². The fourth-order valence-corrected chi connectivity index (χ4v) is 2.58. The standard InChI is InChI=1S/C17H28N2O2/c1-5-17(6-2,12-18)16(20)19-13(3)11-14-9-7-8-10-15(14)21-4/h7-10,13H,5-6,11-12,18H2,1-4H3,(H,19,20). The Morgan fingerprint density at radius 3 is 2.48 bits per heavy atom. The molecule has 0 spiro atoms. The summed E-state index contributed by atoms with van der Waals surface area (Å²) in [6.45, 7) is 6.42. The van der Waals surface area contributed by atoms with E-state index in [1.807, 2.05) is 45.0 Å². The lowest BCUT2D eigenvalue weighted by Crippen LogP contribution is -2.48. The molecule has 1 aromatic rings. The van der Waals surface area contributed by atoms with Gasteiger partial charge in [0.1, 0.15) is 5.75 Å². The zero-order valence-corrected chi connectivity index (χ0v) is 13.6. The van der Waals surface area contributed by atoms with Crippen molar-refractivity contribution in [2.24, 2.45) is 11.1 Å². The molecule has 0 saturated carbocycles. The molecule has 1 atom stereocenters. The second-order valence-corrected chi connectivity index (χ2v) is 5.58. The summed E-state index contributed by atoms with van der Waals surface area (Å²) < 4.78 is 5.35. The summed E-state index contributed by atoms with van der Waals surface area (Å²) >= 11 is 0. The maximum atomic E-state index is 12.5. The average molecular weight is 292 g/mol. The molecule has 3 N–H and O–H groups in total. The first kappa shape index (κ1) is 17.5. The van der Waals surface area contributed by atoms with E-state index in [9.17, 15) is 4.79 Å². The number of ether oxygens (including phenoxy) is 1. The lowest BCUT2D eigenvalue weighted by molar-refractivity contribution is -0.131. The Morgan fingerprint density at radius 2 is 1.95 bits per heavy atom. The molecular formula is C17H28N2O2. The Bertz CT molecular complexity index is 448. The fraction of sp³-hybridized carbons (Fsp3) is 0.588. The van der Waals surface area contributed by atoms with E-state index in [1.54, 1.807) is 7.11 Å². The van der Waals surface area contributed by atoms with Crippen LogP contribution in [0, 0.1) is 5.41 Å². The number of nitrogens with one attached hydrogen (secondary N) is 1. The summed E-state index contributed by atoms with van der Waals surface area (Å²) in [6.07, 6.45) is 2.25. The number of nitrogens with two attached hydrogens (primary N) is 1. The quantitative estimate of drug-likeness (QED) is 0.774. The molecule has 1 unspecified atom stereocenters. The lowest BCUT2D eigenvalue weighted by atomic mass is 9.81. The zero-order valence-electron chi connectivity index (χ0n) is 13.6. The van der Waals surface area contributed by atoms with Crippen molar-refractivity contribution in [2.75, 3.05) is 13.7 Å². The number of benzene rings is 1. The van der Waals surface area contributed by atoms with Crippen molar-refractivity contribution >= 4 is 5.91 Å². The van der Waals surface area contributed by atoms with Gasteiger partial charge < -0.3 is 15.8 Å². The predicted molar refractivity (Wildman–Crippen MR) is 86.4 cm³/mol. The minimum Gasteiger partial charge on any atom is -0.496 e. The monoisotopic (exact) mass is 292 g/mol. The molecule has 0 radical (unpaired) electrons. The molecule has 4 heteroatoms. The average Bonchev–Trinajstić information content (AvgIpc) is 2.50. The number of hydrogen-bond acceptors (Lipinski definition) is 3. The van der Waals surface area contributed by atoms with Crippen LogP contribution in [0.2, 0.25) is 0 Å². The van der Waals surface area contributed by atoms with Gasteiger partial charge in [0, 0.05) is 12.6 Å².